The smallest absolute Gasteiger partial charge is 0.223 e. The number of carbonyl (C=O) groups is 1. The van der Waals surface area contributed by atoms with Crippen LogP contribution in [0.15, 0.2) is 18.2 Å². The van der Waals surface area contributed by atoms with Crippen molar-refractivity contribution in [2.75, 3.05) is 0 Å². The molecule has 1 heterocycles. The zero-order chi connectivity index (χ0) is 15.8. The molecule has 0 spiro atoms. The Morgan fingerprint density at radius 1 is 1.38 bits per heavy atom. The Bertz CT molecular complexity index is 535. The molecule has 4 nitrogen and oxygen atoms in total. The number of ether oxygens (including phenoxy) is 1. The van der Waals surface area contributed by atoms with Crippen LogP contribution in [0.4, 0.5) is 0 Å². The predicted molar refractivity (Wildman–Crippen MR) is 82.1 cm³/mol. The van der Waals surface area contributed by atoms with E-state index in [1.165, 1.54) is 0 Å². The molecule has 1 aromatic rings. The number of carbonyl (C=O) groups excluding carboxylic acids is 1. The Morgan fingerprint density at radius 3 is 2.62 bits per heavy atom. The predicted octanol–water partition coefficient (Wildman–Crippen LogP) is 3.11. The molecule has 1 aromatic carbocycles. The van der Waals surface area contributed by atoms with Gasteiger partial charge in [-0.1, -0.05) is 19.9 Å². The van der Waals surface area contributed by atoms with Crippen LogP contribution in [0.25, 0.3) is 0 Å². The van der Waals surface area contributed by atoms with Crippen molar-refractivity contribution in [2.45, 2.75) is 58.8 Å². The van der Waals surface area contributed by atoms with Crippen LogP contribution in [0.5, 0.6) is 5.75 Å². The maximum atomic E-state index is 12.0. The fourth-order valence-corrected chi connectivity index (χ4v) is 2.60. The topological polar surface area (TPSA) is 58.6 Å². The Morgan fingerprint density at radius 2 is 2.05 bits per heavy atom. The van der Waals surface area contributed by atoms with Gasteiger partial charge in [0.1, 0.15) is 11.4 Å². The number of nitrogens with one attached hydrogen (secondary N) is 1. The van der Waals surface area contributed by atoms with Gasteiger partial charge in [-0.2, -0.15) is 0 Å². The first-order valence-electron chi connectivity index (χ1n) is 7.51. The minimum atomic E-state index is -0.535. The molecule has 21 heavy (non-hydrogen) atoms. The normalized spacial score (nSPS) is 21.4. The monoisotopic (exact) mass is 291 g/mol. The van der Waals surface area contributed by atoms with Crippen molar-refractivity contribution >= 4 is 5.91 Å². The summed E-state index contributed by atoms with van der Waals surface area (Å²) >= 11 is 0. The van der Waals surface area contributed by atoms with Crippen molar-refractivity contribution in [2.24, 2.45) is 5.92 Å². The van der Waals surface area contributed by atoms with Crippen LogP contribution in [0.2, 0.25) is 0 Å². The van der Waals surface area contributed by atoms with Crippen molar-refractivity contribution in [1.29, 1.82) is 0 Å². The molecule has 0 saturated carbocycles. The van der Waals surface area contributed by atoms with E-state index in [2.05, 4.69) is 5.32 Å². The summed E-state index contributed by atoms with van der Waals surface area (Å²) in [6, 6.07) is 5.59. The first-order valence-corrected chi connectivity index (χ1v) is 7.51. The highest BCUT2D eigenvalue weighted by Crippen LogP contribution is 2.40. The SMILES string of the molecule is CC(C)C(=O)NC1CC(C)(C)Oc2ccc(C(C)O)cc21. The highest BCUT2D eigenvalue weighted by molar-refractivity contribution is 5.78. The number of amides is 1. The molecule has 0 fully saturated rings. The lowest BCUT2D eigenvalue weighted by Crippen LogP contribution is -2.42. The van der Waals surface area contributed by atoms with Crippen LogP contribution in [0.1, 0.15) is 64.3 Å². The molecule has 1 aliphatic heterocycles. The van der Waals surface area contributed by atoms with Crippen molar-refractivity contribution in [3.05, 3.63) is 29.3 Å². The molecule has 2 N–H and O–H groups in total. The average Bonchev–Trinajstić information content (AvgIpc) is 2.36. The van der Waals surface area contributed by atoms with E-state index in [4.69, 9.17) is 4.74 Å². The number of aliphatic hydroxyl groups excluding tert-OH is 1. The highest BCUT2D eigenvalue weighted by atomic mass is 16.5. The summed E-state index contributed by atoms with van der Waals surface area (Å²) < 4.78 is 5.99. The lowest BCUT2D eigenvalue weighted by atomic mass is 9.88. The number of hydrogen-bond acceptors (Lipinski definition) is 3. The number of aliphatic hydroxyl groups is 1. The number of rotatable bonds is 3. The summed E-state index contributed by atoms with van der Waals surface area (Å²) in [5.74, 6) is 0.759. The third kappa shape index (κ3) is 3.56. The van der Waals surface area contributed by atoms with Gasteiger partial charge in [-0.25, -0.2) is 0 Å². The van der Waals surface area contributed by atoms with E-state index in [0.717, 1.165) is 16.9 Å². The van der Waals surface area contributed by atoms with Crippen molar-refractivity contribution in [3.8, 4) is 5.75 Å². The summed E-state index contributed by atoms with van der Waals surface area (Å²) in [7, 11) is 0. The molecule has 2 atom stereocenters. The third-order valence-electron chi connectivity index (χ3n) is 3.81. The summed E-state index contributed by atoms with van der Waals surface area (Å²) in [6.45, 7) is 9.54. The molecule has 2 unspecified atom stereocenters. The van der Waals surface area contributed by atoms with E-state index in [1.807, 2.05) is 45.9 Å². The van der Waals surface area contributed by atoms with Crippen molar-refractivity contribution < 1.29 is 14.6 Å². The highest BCUT2D eigenvalue weighted by Gasteiger charge is 2.35. The number of hydrogen-bond donors (Lipinski definition) is 2. The van der Waals surface area contributed by atoms with Crippen molar-refractivity contribution in [1.82, 2.24) is 5.32 Å². The van der Waals surface area contributed by atoms with Gasteiger partial charge in [-0.3, -0.25) is 4.79 Å². The molecule has 0 aromatic heterocycles. The van der Waals surface area contributed by atoms with Gasteiger partial charge in [-0.05, 0) is 38.5 Å². The summed E-state index contributed by atoms with van der Waals surface area (Å²) in [4.78, 5) is 12.0. The summed E-state index contributed by atoms with van der Waals surface area (Å²) in [5, 5.41) is 12.9. The standard InChI is InChI=1S/C17H25NO3/c1-10(2)16(20)18-14-9-17(4,5)21-15-7-6-12(11(3)19)8-13(14)15/h6-8,10-11,14,19H,9H2,1-5H3,(H,18,20). The van der Waals surface area contributed by atoms with Gasteiger partial charge in [0.15, 0.2) is 0 Å². The molecule has 0 bridgehead atoms. The zero-order valence-electron chi connectivity index (χ0n) is 13.4. The van der Waals surface area contributed by atoms with E-state index >= 15 is 0 Å². The quantitative estimate of drug-likeness (QED) is 0.899. The summed E-state index contributed by atoms with van der Waals surface area (Å²) in [6.07, 6.45) is 0.175. The van der Waals surface area contributed by atoms with Crippen LogP contribution in [0, 0.1) is 5.92 Å². The lowest BCUT2D eigenvalue weighted by Gasteiger charge is -2.38. The Labute approximate surface area is 126 Å². The first kappa shape index (κ1) is 15.8. The van der Waals surface area contributed by atoms with E-state index < -0.39 is 6.10 Å². The molecular weight excluding hydrogens is 266 g/mol. The Hall–Kier alpha value is -1.55. The van der Waals surface area contributed by atoms with E-state index in [-0.39, 0.29) is 23.5 Å². The largest absolute Gasteiger partial charge is 0.487 e. The minimum Gasteiger partial charge on any atom is -0.487 e. The molecule has 0 aliphatic carbocycles. The van der Waals surface area contributed by atoms with Gasteiger partial charge in [0.25, 0.3) is 0 Å². The minimum absolute atomic E-state index is 0.0334. The molecule has 0 radical (unpaired) electrons. The molecular formula is C17H25NO3. The van der Waals surface area contributed by atoms with Crippen LogP contribution < -0.4 is 10.1 Å². The molecule has 0 saturated heterocycles. The van der Waals surface area contributed by atoms with Gasteiger partial charge in [-0.15, -0.1) is 0 Å². The van der Waals surface area contributed by atoms with E-state index in [9.17, 15) is 9.90 Å². The molecule has 2 rings (SSSR count). The number of benzene rings is 1. The molecule has 1 amide bonds. The van der Waals surface area contributed by atoms with Gasteiger partial charge in [0.05, 0.1) is 12.1 Å². The van der Waals surface area contributed by atoms with Crippen LogP contribution in [-0.4, -0.2) is 16.6 Å². The van der Waals surface area contributed by atoms with Crippen LogP contribution >= 0.6 is 0 Å². The second-order valence-electron chi connectivity index (χ2n) is 6.75. The maximum Gasteiger partial charge on any atom is 0.223 e. The van der Waals surface area contributed by atoms with Gasteiger partial charge in [0, 0.05) is 17.9 Å². The maximum absolute atomic E-state index is 12.0. The summed E-state index contributed by atoms with van der Waals surface area (Å²) in [5.41, 5.74) is 1.46. The van der Waals surface area contributed by atoms with Gasteiger partial charge >= 0.3 is 0 Å². The van der Waals surface area contributed by atoms with E-state index in [0.29, 0.717) is 6.42 Å². The third-order valence-corrected chi connectivity index (χ3v) is 3.81. The molecule has 116 valence electrons. The second-order valence-corrected chi connectivity index (χ2v) is 6.75. The molecule has 1 aliphatic rings. The van der Waals surface area contributed by atoms with Crippen LogP contribution in [-0.2, 0) is 4.79 Å². The fourth-order valence-electron chi connectivity index (χ4n) is 2.60. The first-order chi connectivity index (χ1) is 9.69. The van der Waals surface area contributed by atoms with E-state index in [1.54, 1.807) is 6.92 Å². The fraction of sp³-hybridized carbons (Fsp3) is 0.588. The number of fused-ring (bicyclic) bond motifs is 1. The Kier molecular flexibility index (Phi) is 4.28. The van der Waals surface area contributed by atoms with Crippen molar-refractivity contribution in [3.63, 3.8) is 0 Å². The van der Waals surface area contributed by atoms with Crippen LogP contribution in [0.3, 0.4) is 0 Å². The van der Waals surface area contributed by atoms with Gasteiger partial charge in [0.2, 0.25) is 5.91 Å². The molecule has 4 heteroatoms. The van der Waals surface area contributed by atoms with Gasteiger partial charge < -0.3 is 15.2 Å². The average molecular weight is 291 g/mol. The lowest BCUT2D eigenvalue weighted by molar-refractivity contribution is -0.125. The second kappa shape index (κ2) is 5.68. The Balaban J connectivity index is 2.37. The zero-order valence-corrected chi connectivity index (χ0v) is 13.4.